The van der Waals surface area contributed by atoms with Crippen LogP contribution >= 0.6 is 0 Å². The van der Waals surface area contributed by atoms with E-state index in [1.54, 1.807) is 19.9 Å². The Morgan fingerprint density at radius 1 is 1.15 bits per heavy atom. The van der Waals surface area contributed by atoms with Crippen LogP contribution in [0, 0.1) is 5.92 Å². The van der Waals surface area contributed by atoms with Crippen LogP contribution in [0.1, 0.15) is 38.7 Å². The van der Waals surface area contributed by atoms with Crippen LogP contribution in [-0.2, 0) is 19.4 Å². The summed E-state index contributed by atoms with van der Waals surface area (Å²) < 4.78 is 56.1. The van der Waals surface area contributed by atoms with Crippen LogP contribution in [0.4, 0.5) is 8.78 Å². The molecule has 0 heterocycles. The van der Waals surface area contributed by atoms with Gasteiger partial charge in [0.1, 0.15) is 12.3 Å². The Kier molecular flexibility index (Phi) is 6.92. The van der Waals surface area contributed by atoms with Gasteiger partial charge in [-0.15, -0.1) is 0 Å². The fourth-order valence-corrected chi connectivity index (χ4v) is 4.39. The molecule has 0 radical (unpaired) electrons. The Labute approximate surface area is 153 Å². The van der Waals surface area contributed by atoms with Crippen LogP contribution in [0.25, 0.3) is 5.57 Å². The standard InChI is InChI=1S/C19H24F2O4S/c1-3-9-26(23,24)15-7-5-14(6-8-15)16(19(22)25-4-2)10-13-11-17(20)18(21)12-13/h5-8,10,13,17-18H,3-4,9,11-12H2,1-2H3/b16-10+/t13?,17-,18+. The zero-order valence-electron chi connectivity index (χ0n) is 15.0. The Bertz CT molecular complexity index is 746. The van der Waals surface area contributed by atoms with Crippen molar-refractivity contribution >= 4 is 21.4 Å². The fourth-order valence-electron chi connectivity index (χ4n) is 3.06. The SMILES string of the molecule is CCCS(=O)(=O)c1ccc(/C(=C\C2C[C@@H](F)[C@@H](F)C2)C(=O)OCC)cc1. The first-order chi connectivity index (χ1) is 12.3. The predicted molar refractivity (Wildman–Crippen MR) is 95.9 cm³/mol. The van der Waals surface area contributed by atoms with Crippen LogP contribution in [0.2, 0.25) is 0 Å². The predicted octanol–water partition coefficient (Wildman–Crippen LogP) is 3.90. The number of esters is 1. The zero-order valence-corrected chi connectivity index (χ0v) is 15.8. The lowest BCUT2D eigenvalue weighted by atomic mass is 9.98. The number of carbonyl (C=O) groups excluding carboxylic acids is 1. The Morgan fingerprint density at radius 2 is 1.73 bits per heavy atom. The Hall–Kier alpha value is -1.76. The van der Waals surface area contributed by atoms with Gasteiger partial charge in [0.05, 0.1) is 22.8 Å². The molecule has 1 fully saturated rings. The second-order valence-corrected chi connectivity index (χ2v) is 8.52. The number of rotatable bonds is 7. The largest absolute Gasteiger partial charge is 0.462 e. The molecule has 0 aliphatic heterocycles. The number of carbonyl (C=O) groups is 1. The number of hydrogen-bond acceptors (Lipinski definition) is 4. The summed E-state index contributed by atoms with van der Waals surface area (Å²) in [5, 5.41) is 0. The van der Waals surface area contributed by atoms with E-state index in [0.29, 0.717) is 12.0 Å². The van der Waals surface area contributed by atoms with Gasteiger partial charge in [-0.2, -0.15) is 0 Å². The van der Waals surface area contributed by atoms with Gasteiger partial charge in [0.25, 0.3) is 0 Å². The first kappa shape index (κ1) is 20.6. The van der Waals surface area contributed by atoms with Gasteiger partial charge in [-0.3, -0.25) is 0 Å². The molecule has 2 rings (SSSR count). The lowest BCUT2D eigenvalue weighted by Crippen LogP contribution is -2.10. The van der Waals surface area contributed by atoms with E-state index < -0.39 is 34.1 Å². The first-order valence-electron chi connectivity index (χ1n) is 8.78. The molecule has 1 aromatic carbocycles. The summed E-state index contributed by atoms with van der Waals surface area (Å²) in [5.41, 5.74) is 0.675. The van der Waals surface area contributed by atoms with Gasteiger partial charge in [0.15, 0.2) is 9.84 Å². The number of alkyl halides is 2. The third-order valence-corrected chi connectivity index (χ3v) is 6.28. The second-order valence-electron chi connectivity index (χ2n) is 6.41. The zero-order chi connectivity index (χ0) is 19.3. The Balaban J connectivity index is 2.33. The summed E-state index contributed by atoms with van der Waals surface area (Å²) in [4.78, 5) is 12.5. The average Bonchev–Trinajstić information content (AvgIpc) is 2.91. The molecule has 1 unspecified atom stereocenters. The lowest BCUT2D eigenvalue weighted by Gasteiger charge is -2.11. The van der Waals surface area contributed by atoms with E-state index in [9.17, 15) is 22.0 Å². The minimum atomic E-state index is -3.36. The molecule has 0 bridgehead atoms. The van der Waals surface area contributed by atoms with Crippen LogP contribution in [0.5, 0.6) is 0 Å². The highest BCUT2D eigenvalue weighted by Crippen LogP contribution is 2.34. The minimum absolute atomic E-state index is 0.0209. The quantitative estimate of drug-likeness (QED) is 0.527. The topological polar surface area (TPSA) is 60.4 Å². The van der Waals surface area contributed by atoms with Crippen molar-refractivity contribution in [3.8, 4) is 0 Å². The molecular formula is C19H24F2O4S. The number of hydrogen-bond donors (Lipinski definition) is 0. The fraction of sp³-hybridized carbons (Fsp3) is 0.526. The number of allylic oxidation sites excluding steroid dienone is 1. The maximum atomic E-state index is 13.4. The average molecular weight is 386 g/mol. The molecular weight excluding hydrogens is 362 g/mol. The molecule has 1 aromatic rings. The van der Waals surface area contributed by atoms with Crippen molar-refractivity contribution in [3.05, 3.63) is 35.9 Å². The normalized spacial score (nSPS) is 23.8. The molecule has 0 N–H and O–H groups in total. The molecule has 26 heavy (non-hydrogen) atoms. The van der Waals surface area contributed by atoms with E-state index in [1.807, 2.05) is 0 Å². The van der Waals surface area contributed by atoms with Gasteiger partial charge >= 0.3 is 5.97 Å². The molecule has 7 heteroatoms. The number of halogens is 2. The summed E-state index contributed by atoms with van der Waals surface area (Å²) in [5.74, 6) is -0.942. The van der Waals surface area contributed by atoms with Gasteiger partial charge in [-0.1, -0.05) is 25.1 Å². The molecule has 1 saturated carbocycles. The van der Waals surface area contributed by atoms with E-state index in [1.165, 1.54) is 24.3 Å². The van der Waals surface area contributed by atoms with E-state index in [-0.39, 0.29) is 35.7 Å². The summed E-state index contributed by atoms with van der Waals surface area (Å²) in [7, 11) is -3.36. The van der Waals surface area contributed by atoms with Crippen LogP contribution in [-0.4, -0.2) is 39.1 Å². The van der Waals surface area contributed by atoms with Gasteiger partial charge in [0.2, 0.25) is 0 Å². The molecule has 3 atom stereocenters. The minimum Gasteiger partial charge on any atom is -0.462 e. The second kappa shape index (κ2) is 8.75. The van der Waals surface area contributed by atoms with Crippen molar-refractivity contribution in [1.29, 1.82) is 0 Å². The molecule has 0 saturated heterocycles. The van der Waals surface area contributed by atoms with Crippen LogP contribution in [0.15, 0.2) is 35.2 Å². The van der Waals surface area contributed by atoms with Crippen molar-refractivity contribution < 1.29 is 26.7 Å². The van der Waals surface area contributed by atoms with Gasteiger partial charge < -0.3 is 4.74 Å². The maximum absolute atomic E-state index is 13.4. The highest BCUT2D eigenvalue weighted by Gasteiger charge is 2.34. The van der Waals surface area contributed by atoms with E-state index in [0.717, 1.165) is 0 Å². The van der Waals surface area contributed by atoms with E-state index >= 15 is 0 Å². The highest BCUT2D eigenvalue weighted by molar-refractivity contribution is 7.91. The number of sulfone groups is 1. The first-order valence-corrected chi connectivity index (χ1v) is 10.4. The van der Waals surface area contributed by atoms with E-state index in [2.05, 4.69) is 0 Å². The number of benzene rings is 1. The summed E-state index contributed by atoms with van der Waals surface area (Å²) in [6, 6.07) is 5.94. The van der Waals surface area contributed by atoms with Crippen LogP contribution < -0.4 is 0 Å². The monoisotopic (exact) mass is 386 g/mol. The highest BCUT2D eigenvalue weighted by atomic mass is 32.2. The maximum Gasteiger partial charge on any atom is 0.338 e. The molecule has 0 spiro atoms. The molecule has 1 aliphatic rings. The summed E-state index contributed by atoms with van der Waals surface area (Å²) >= 11 is 0. The van der Waals surface area contributed by atoms with Crippen molar-refractivity contribution in [1.82, 2.24) is 0 Å². The van der Waals surface area contributed by atoms with Gasteiger partial charge in [-0.25, -0.2) is 22.0 Å². The van der Waals surface area contributed by atoms with Crippen molar-refractivity contribution in [2.75, 3.05) is 12.4 Å². The van der Waals surface area contributed by atoms with Gasteiger partial charge in [-0.05, 0) is 49.8 Å². The third kappa shape index (κ3) is 4.90. The lowest BCUT2D eigenvalue weighted by molar-refractivity contribution is -0.136. The van der Waals surface area contributed by atoms with E-state index in [4.69, 9.17) is 4.74 Å². The molecule has 1 aliphatic carbocycles. The summed E-state index contributed by atoms with van der Waals surface area (Å²) in [6.07, 6.45) is -0.962. The molecule has 0 aromatic heterocycles. The Morgan fingerprint density at radius 3 is 2.23 bits per heavy atom. The molecule has 0 amide bonds. The smallest absolute Gasteiger partial charge is 0.338 e. The molecule has 4 nitrogen and oxygen atoms in total. The van der Waals surface area contributed by atoms with Crippen molar-refractivity contribution in [2.45, 2.75) is 50.3 Å². The van der Waals surface area contributed by atoms with Gasteiger partial charge in [0, 0.05) is 0 Å². The summed E-state index contributed by atoms with van der Waals surface area (Å²) in [6.45, 7) is 3.62. The number of ether oxygens (including phenoxy) is 1. The van der Waals surface area contributed by atoms with Crippen molar-refractivity contribution in [3.63, 3.8) is 0 Å². The van der Waals surface area contributed by atoms with Crippen molar-refractivity contribution in [2.24, 2.45) is 5.92 Å². The van der Waals surface area contributed by atoms with Crippen LogP contribution in [0.3, 0.4) is 0 Å². The molecule has 144 valence electrons. The third-order valence-electron chi connectivity index (χ3n) is 4.34.